The van der Waals surface area contributed by atoms with Crippen molar-refractivity contribution in [2.24, 2.45) is 5.41 Å². The molecular weight excluding hydrogens is 389 g/mol. The number of H-pyrrole nitrogens is 1. The Morgan fingerprint density at radius 1 is 1.36 bits per heavy atom. The molecule has 3 atom stereocenters. The molecule has 22 heavy (non-hydrogen) atoms. The molecule has 1 saturated heterocycles. The first kappa shape index (κ1) is 14.7. The third-order valence-electron chi connectivity index (χ3n) is 5.68. The molecule has 2 fully saturated rings. The van der Waals surface area contributed by atoms with Crippen molar-refractivity contribution in [2.45, 2.75) is 29.2 Å². The second kappa shape index (κ2) is 4.80. The van der Waals surface area contributed by atoms with Gasteiger partial charge in [-0.2, -0.15) is 0 Å². The van der Waals surface area contributed by atoms with Gasteiger partial charge in [0.2, 0.25) is 0 Å². The van der Waals surface area contributed by atoms with Crippen LogP contribution in [0, 0.1) is 5.41 Å². The summed E-state index contributed by atoms with van der Waals surface area (Å²) in [4.78, 5) is 16.9. The number of anilines is 1. The molecule has 6 heteroatoms. The summed E-state index contributed by atoms with van der Waals surface area (Å²) in [6, 6.07) is 2.62. The molecule has 2 aromatic rings. The molecule has 1 aliphatic heterocycles. The van der Waals surface area contributed by atoms with E-state index in [0.29, 0.717) is 14.9 Å². The van der Waals surface area contributed by atoms with E-state index in [1.165, 1.54) is 25.9 Å². The van der Waals surface area contributed by atoms with E-state index in [1.54, 1.807) is 6.33 Å². The highest BCUT2D eigenvalue weighted by Gasteiger charge is 2.59. The minimum atomic E-state index is 0.378. The minimum absolute atomic E-state index is 0.378. The van der Waals surface area contributed by atoms with Crippen LogP contribution < -0.4 is 4.90 Å². The van der Waals surface area contributed by atoms with Crippen molar-refractivity contribution < 1.29 is 0 Å². The van der Waals surface area contributed by atoms with Crippen molar-refractivity contribution in [3.63, 3.8) is 0 Å². The quantitative estimate of drug-likeness (QED) is 0.610. The Morgan fingerprint density at radius 2 is 2.18 bits per heavy atom. The van der Waals surface area contributed by atoms with Gasteiger partial charge in [0.15, 0.2) is 0 Å². The molecule has 5 nitrogen and oxygen atoms in total. The van der Waals surface area contributed by atoms with Crippen molar-refractivity contribution >= 4 is 39.4 Å². The molecule has 2 aliphatic rings. The number of rotatable bonds is 2. The zero-order chi connectivity index (χ0) is 15.5. The SMILES string of the molecule is CN1C[C@]2(C)C[C@@H](N(C)c3ncnc4[nH]ccc34)C[C@]2(I)C1. The van der Waals surface area contributed by atoms with Gasteiger partial charge in [-0.1, -0.05) is 29.5 Å². The number of alkyl halides is 1. The molecule has 3 heterocycles. The van der Waals surface area contributed by atoms with E-state index >= 15 is 0 Å². The second-order valence-electron chi connectivity index (χ2n) is 7.31. The maximum absolute atomic E-state index is 4.56. The standard InChI is InChI=1S/C16H22IN5/c1-15-6-11(7-16(15,17)9-21(2)8-15)22(3)14-12-4-5-18-13(12)19-10-20-14/h4-5,10-11H,6-9H2,1-3H3,(H,18,19,20)/t11-,15+,16+/m1/s1. The van der Waals surface area contributed by atoms with E-state index < -0.39 is 0 Å². The predicted molar refractivity (Wildman–Crippen MR) is 97.7 cm³/mol. The number of hydrogen-bond donors (Lipinski definition) is 1. The van der Waals surface area contributed by atoms with Crippen LogP contribution in [0.1, 0.15) is 19.8 Å². The zero-order valence-electron chi connectivity index (χ0n) is 13.3. The molecule has 0 amide bonds. The van der Waals surface area contributed by atoms with Gasteiger partial charge in [-0.05, 0) is 31.4 Å². The lowest BCUT2D eigenvalue weighted by Gasteiger charge is -2.30. The number of halogens is 1. The van der Waals surface area contributed by atoms with Crippen LogP contribution in [-0.4, -0.2) is 56.5 Å². The highest BCUT2D eigenvalue weighted by atomic mass is 127. The summed E-state index contributed by atoms with van der Waals surface area (Å²) >= 11 is 2.73. The summed E-state index contributed by atoms with van der Waals surface area (Å²) < 4.78 is 0.378. The summed E-state index contributed by atoms with van der Waals surface area (Å²) in [6.07, 6.45) is 6.06. The Hall–Kier alpha value is -0.890. The Kier molecular flexibility index (Phi) is 3.21. The summed E-state index contributed by atoms with van der Waals surface area (Å²) in [5.74, 6) is 1.05. The van der Waals surface area contributed by atoms with Gasteiger partial charge in [0.05, 0.1) is 5.39 Å². The van der Waals surface area contributed by atoms with Crippen LogP contribution in [0.25, 0.3) is 11.0 Å². The van der Waals surface area contributed by atoms with Gasteiger partial charge < -0.3 is 14.8 Å². The molecule has 118 valence electrons. The molecular formula is C16H22IN5. The van der Waals surface area contributed by atoms with Gasteiger partial charge in [-0.3, -0.25) is 0 Å². The van der Waals surface area contributed by atoms with Crippen LogP contribution in [0.4, 0.5) is 5.82 Å². The lowest BCUT2D eigenvalue weighted by molar-refractivity contribution is 0.298. The fourth-order valence-electron chi connectivity index (χ4n) is 4.52. The normalized spacial score (nSPS) is 35.2. The molecule has 2 aromatic heterocycles. The van der Waals surface area contributed by atoms with Gasteiger partial charge in [-0.15, -0.1) is 0 Å². The maximum Gasteiger partial charge on any atom is 0.142 e. The minimum Gasteiger partial charge on any atom is -0.356 e. The lowest BCUT2D eigenvalue weighted by atomic mass is 9.83. The van der Waals surface area contributed by atoms with Crippen molar-refractivity contribution in [3.8, 4) is 0 Å². The van der Waals surface area contributed by atoms with Gasteiger partial charge in [0.25, 0.3) is 0 Å². The summed E-state index contributed by atoms with van der Waals surface area (Å²) in [7, 11) is 4.43. The van der Waals surface area contributed by atoms with E-state index in [4.69, 9.17) is 0 Å². The number of likely N-dealkylation sites (tertiary alicyclic amines) is 1. The molecule has 1 N–H and O–H groups in total. The number of hydrogen-bond acceptors (Lipinski definition) is 4. The summed E-state index contributed by atoms with van der Waals surface area (Å²) in [5.41, 5.74) is 1.32. The maximum atomic E-state index is 4.56. The van der Waals surface area contributed by atoms with Crippen LogP contribution in [0.2, 0.25) is 0 Å². The Morgan fingerprint density at radius 3 is 2.95 bits per heavy atom. The third-order valence-corrected chi connectivity index (χ3v) is 7.76. The molecule has 0 radical (unpaired) electrons. The number of nitrogens with zero attached hydrogens (tertiary/aromatic N) is 4. The fraction of sp³-hybridized carbons (Fsp3) is 0.625. The molecule has 0 unspecified atom stereocenters. The molecule has 1 saturated carbocycles. The van der Waals surface area contributed by atoms with Crippen LogP contribution >= 0.6 is 22.6 Å². The van der Waals surface area contributed by atoms with Gasteiger partial charge in [0, 0.05) is 35.8 Å². The largest absolute Gasteiger partial charge is 0.356 e. The van der Waals surface area contributed by atoms with Crippen molar-refractivity contribution in [1.29, 1.82) is 0 Å². The molecule has 0 aromatic carbocycles. The number of fused-ring (bicyclic) bond motifs is 2. The molecule has 4 rings (SSSR count). The monoisotopic (exact) mass is 411 g/mol. The predicted octanol–water partition coefficient (Wildman–Crippen LogP) is 2.68. The number of nitrogens with one attached hydrogen (secondary N) is 1. The van der Waals surface area contributed by atoms with E-state index in [2.05, 4.69) is 74.4 Å². The van der Waals surface area contributed by atoms with E-state index in [-0.39, 0.29) is 0 Å². The van der Waals surface area contributed by atoms with Gasteiger partial charge in [0.1, 0.15) is 17.8 Å². The smallest absolute Gasteiger partial charge is 0.142 e. The van der Waals surface area contributed by atoms with Gasteiger partial charge >= 0.3 is 0 Å². The van der Waals surface area contributed by atoms with Crippen molar-refractivity contribution in [2.75, 3.05) is 32.1 Å². The third kappa shape index (κ3) is 1.99. The lowest BCUT2D eigenvalue weighted by Crippen LogP contribution is -2.34. The van der Waals surface area contributed by atoms with Crippen molar-refractivity contribution in [3.05, 3.63) is 18.6 Å². The van der Waals surface area contributed by atoms with Crippen LogP contribution in [0.3, 0.4) is 0 Å². The number of aromatic nitrogens is 3. The highest BCUT2D eigenvalue weighted by molar-refractivity contribution is 14.1. The summed E-state index contributed by atoms with van der Waals surface area (Å²) in [5, 5.41) is 1.12. The van der Waals surface area contributed by atoms with E-state index in [1.807, 2.05) is 6.20 Å². The van der Waals surface area contributed by atoms with Crippen LogP contribution in [0.15, 0.2) is 18.6 Å². The highest BCUT2D eigenvalue weighted by Crippen LogP contribution is 2.57. The van der Waals surface area contributed by atoms with Crippen molar-refractivity contribution in [1.82, 2.24) is 19.9 Å². The topological polar surface area (TPSA) is 48.1 Å². The Balaban J connectivity index is 1.65. The molecule has 0 bridgehead atoms. The Labute approximate surface area is 144 Å². The molecule has 1 aliphatic carbocycles. The molecule has 0 spiro atoms. The van der Waals surface area contributed by atoms with E-state index in [9.17, 15) is 0 Å². The first-order valence-corrected chi connectivity index (χ1v) is 8.88. The average Bonchev–Trinajstić information content (AvgIpc) is 3.06. The fourth-order valence-corrected chi connectivity index (χ4v) is 6.00. The second-order valence-corrected chi connectivity index (χ2v) is 9.37. The Bertz CT molecular complexity index is 695. The number of aromatic amines is 1. The van der Waals surface area contributed by atoms with Crippen LogP contribution in [-0.2, 0) is 0 Å². The summed E-state index contributed by atoms with van der Waals surface area (Å²) in [6.45, 7) is 4.85. The van der Waals surface area contributed by atoms with Crippen LogP contribution in [0.5, 0.6) is 0 Å². The van der Waals surface area contributed by atoms with Gasteiger partial charge in [-0.25, -0.2) is 9.97 Å². The first-order chi connectivity index (χ1) is 10.4. The van der Waals surface area contributed by atoms with E-state index in [0.717, 1.165) is 16.9 Å². The first-order valence-electron chi connectivity index (χ1n) is 7.80. The zero-order valence-corrected chi connectivity index (χ0v) is 15.5. The average molecular weight is 411 g/mol.